The third-order valence-corrected chi connectivity index (χ3v) is 3.50. The molecule has 144 valence electrons. The normalized spacial score (nSPS) is 10.9. The van der Waals surface area contributed by atoms with Crippen molar-refractivity contribution in [1.82, 2.24) is 0 Å². The lowest BCUT2D eigenvalue weighted by atomic mass is 10.1. The number of hydrogen-bond donors (Lipinski definition) is 2. The molecule has 0 aliphatic rings. The highest BCUT2D eigenvalue weighted by atomic mass is 19.4. The van der Waals surface area contributed by atoms with E-state index in [0.29, 0.717) is 22.7 Å². The van der Waals surface area contributed by atoms with Gasteiger partial charge in [-0.3, -0.25) is 9.59 Å². The molecule has 0 saturated carbocycles. The van der Waals surface area contributed by atoms with E-state index in [1.54, 1.807) is 23.5 Å². The number of hydrogen-bond acceptors (Lipinski definition) is 4. The molecule has 6 nitrogen and oxygen atoms in total. The highest BCUT2D eigenvalue weighted by Crippen LogP contribution is 2.28. The molecule has 27 heavy (non-hydrogen) atoms. The molecule has 0 aliphatic heterocycles. The van der Waals surface area contributed by atoms with Gasteiger partial charge in [-0.1, -0.05) is 6.07 Å². The fraction of sp³-hybridized carbons (Fsp3) is 0.222. The fourth-order valence-electron chi connectivity index (χ4n) is 2.22. The van der Waals surface area contributed by atoms with E-state index in [2.05, 4.69) is 5.32 Å². The lowest BCUT2D eigenvalue weighted by Gasteiger charge is -2.11. The minimum absolute atomic E-state index is 0.0322. The van der Waals surface area contributed by atoms with Crippen LogP contribution in [0.5, 0.6) is 11.5 Å². The number of rotatable bonds is 6. The van der Waals surface area contributed by atoms with Crippen LogP contribution in [-0.2, 0) is 16.0 Å². The van der Waals surface area contributed by atoms with Gasteiger partial charge in [-0.15, -0.1) is 0 Å². The Morgan fingerprint density at radius 1 is 0.889 bits per heavy atom. The summed E-state index contributed by atoms with van der Waals surface area (Å²) in [4.78, 5) is 23.0. The molecule has 0 atom stereocenters. The van der Waals surface area contributed by atoms with Crippen molar-refractivity contribution in [2.45, 2.75) is 12.6 Å². The first-order chi connectivity index (χ1) is 12.7. The van der Waals surface area contributed by atoms with E-state index in [1.807, 2.05) is 0 Å². The van der Waals surface area contributed by atoms with Crippen LogP contribution in [-0.4, -0.2) is 32.2 Å². The molecule has 0 saturated heterocycles. The monoisotopic (exact) mass is 382 g/mol. The fourth-order valence-corrected chi connectivity index (χ4v) is 2.22. The molecule has 0 unspecified atom stereocenters. The van der Waals surface area contributed by atoms with Crippen LogP contribution in [0, 0.1) is 0 Å². The van der Waals surface area contributed by atoms with Gasteiger partial charge in [-0.05, 0) is 42.0 Å². The number of alkyl halides is 3. The highest BCUT2D eigenvalue weighted by Gasteiger charge is 2.38. The molecule has 0 bridgehead atoms. The Morgan fingerprint density at radius 3 is 1.96 bits per heavy atom. The van der Waals surface area contributed by atoms with Gasteiger partial charge in [0.25, 0.3) is 0 Å². The Labute approximate surface area is 153 Å². The number of amides is 2. The van der Waals surface area contributed by atoms with Crippen LogP contribution >= 0.6 is 0 Å². The lowest BCUT2D eigenvalue weighted by molar-refractivity contribution is -0.167. The Kier molecular flexibility index (Phi) is 6.27. The minimum atomic E-state index is -4.97. The second-order valence-electron chi connectivity index (χ2n) is 5.44. The van der Waals surface area contributed by atoms with Crippen molar-refractivity contribution >= 4 is 23.2 Å². The molecular formula is C18H17F3N2O4. The molecule has 2 aromatic rings. The summed E-state index contributed by atoms with van der Waals surface area (Å²) in [5.74, 6) is -1.35. The number of carbonyl (C=O) groups is 2. The van der Waals surface area contributed by atoms with Gasteiger partial charge < -0.3 is 20.1 Å². The van der Waals surface area contributed by atoms with Crippen LogP contribution in [0.15, 0.2) is 42.5 Å². The number of carbonyl (C=O) groups excluding carboxylic acids is 2. The molecule has 2 amide bonds. The molecule has 0 aromatic heterocycles. The van der Waals surface area contributed by atoms with Gasteiger partial charge in [0.05, 0.1) is 20.6 Å². The number of methoxy groups -OCH3 is 2. The van der Waals surface area contributed by atoms with Gasteiger partial charge in [-0.25, -0.2) is 0 Å². The molecule has 9 heteroatoms. The van der Waals surface area contributed by atoms with E-state index in [1.165, 1.54) is 38.5 Å². The standard InChI is InChI=1S/C18H17F3N2O4/c1-26-14-8-3-11(9-15(14)27-2)10-16(24)22-12-4-6-13(7-5-12)23-17(25)18(19,20)21/h3-9H,10H2,1-2H3,(H,22,24)(H,23,25). The molecular weight excluding hydrogens is 365 g/mol. The first-order valence-corrected chi connectivity index (χ1v) is 7.72. The molecule has 2 aromatic carbocycles. The average molecular weight is 382 g/mol. The van der Waals surface area contributed by atoms with Crippen molar-refractivity contribution in [2.75, 3.05) is 24.9 Å². The number of halogens is 3. The molecule has 2 N–H and O–H groups in total. The second kappa shape index (κ2) is 8.43. The smallest absolute Gasteiger partial charge is 0.471 e. The van der Waals surface area contributed by atoms with Crippen LogP contribution in [0.25, 0.3) is 0 Å². The van der Waals surface area contributed by atoms with Crippen LogP contribution in [0.2, 0.25) is 0 Å². The summed E-state index contributed by atoms with van der Waals surface area (Å²) < 4.78 is 46.9. The summed E-state index contributed by atoms with van der Waals surface area (Å²) in [6.45, 7) is 0. The maximum atomic E-state index is 12.2. The first-order valence-electron chi connectivity index (χ1n) is 7.72. The Bertz CT molecular complexity index is 820. The lowest BCUT2D eigenvalue weighted by Crippen LogP contribution is -2.29. The van der Waals surface area contributed by atoms with Gasteiger partial charge in [0.2, 0.25) is 5.91 Å². The zero-order valence-electron chi connectivity index (χ0n) is 14.5. The zero-order valence-corrected chi connectivity index (χ0v) is 14.5. The third-order valence-electron chi connectivity index (χ3n) is 3.50. The van der Waals surface area contributed by atoms with Gasteiger partial charge in [0.1, 0.15) is 0 Å². The predicted molar refractivity (Wildman–Crippen MR) is 93.0 cm³/mol. The molecule has 2 rings (SSSR count). The van der Waals surface area contributed by atoms with Crippen molar-refractivity contribution in [3.63, 3.8) is 0 Å². The van der Waals surface area contributed by atoms with E-state index >= 15 is 0 Å². The van der Waals surface area contributed by atoms with Gasteiger partial charge in [-0.2, -0.15) is 13.2 Å². The number of anilines is 2. The van der Waals surface area contributed by atoms with E-state index < -0.39 is 12.1 Å². The molecule has 0 aliphatic carbocycles. The minimum Gasteiger partial charge on any atom is -0.493 e. The average Bonchev–Trinajstić information content (AvgIpc) is 2.62. The first kappa shape index (κ1) is 20.1. The van der Waals surface area contributed by atoms with E-state index in [-0.39, 0.29) is 18.0 Å². The SMILES string of the molecule is COc1ccc(CC(=O)Nc2ccc(NC(=O)C(F)(F)F)cc2)cc1OC. The topological polar surface area (TPSA) is 76.7 Å². The van der Waals surface area contributed by atoms with Gasteiger partial charge in [0.15, 0.2) is 11.5 Å². The second-order valence-corrected chi connectivity index (χ2v) is 5.44. The quantitative estimate of drug-likeness (QED) is 0.803. The summed E-state index contributed by atoms with van der Waals surface area (Å²) in [7, 11) is 2.99. The molecule has 0 fully saturated rings. The van der Waals surface area contributed by atoms with Crippen molar-refractivity contribution in [3.05, 3.63) is 48.0 Å². The molecule has 0 spiro atoms. The van der Waals surface area contributed by atoms with E-state index in [4.69, 9.17) is 9.47 Å². The van der Waals surface area contributed by atoms with Crippen molar-refractivity contribution in [1.29, 1.82) is 0 Å². The molecule has 0 radical (unpaired) electrons. The van der Waals surface area contributed by atoms with Crippen molar-refractivity contribution < 1.29 is 32.2 Å². The van der Waals surface area contributed by atoms with Crippen molar-refractivity contribution in [2.24, 2.45) is 0 Å². The number of benzene rings is 2. The summed E-state index contributed by atoms with van der Waals surface area (Å²) in [6.07, 6.45) is -4.90. The van der Waals surface area contributed by atoms with Gasteiger partial charge in [0, 0.05) is 11.4 Å². The van der Waals surface area contributed by atoms with Crippen LogP contribution in [0.4, 0.5) is 24.5 Å². The summed E-state index contributed by atoms with van der Waals surface area (Å²) in [6, 6.07) is 10.4. The third kappa shape index (κ3) is 5.63. The Balaban J connectivity index is 1.97. The summed E-state index contributed by atoms with van der Waals surface area (Å²) >= 11 is 0. The maximum absolute atomic E-state index is 12.2. The zero-order chi connectivity index (χ0) is 20.0. The Morgan fingerprint density at radius 2 is 1.44 bits per heavy atom. The van der Waals surface area contributed by atoms with Crippen LogP contribution < -0.4 is 20.1 Å². The summed E-state index contributed by atoms with van der Waals surface area (Å²) in [5.41, 5.74) is 1.04. The van der Waals surface area contributed by atoms with E-state index in [0.717, 1.165) is 0 Å². The largest absolute Gasteiger partial charge is 0.493 e. The maximum Gasteiger partial charge on any atom is 0.471 e. The number of ether oxygens (including phenoxy) is 2. The Hall–Kier alpha value is -3.23. The predicted octanol–water partition coefficient (Wildman–Crippen LogP) is 3.39. The van der Waals surface area contributed by atoms with Gasteiger partial charge >= 0.3 is 12.1 Å². The number of nitrogens with one attached hydrogen (secondary N) is 2. The van der Waals surface area contributed by atoms with Crippen LogP contribution in [0.3, 0.4) is 0 Å². The van der Waals surface area contributed by atoms with E-state index in [9.17, 15) is 22.8 Å². The summed E-state index contributed by atoms with van der Waals surface area (Å²) in [5, 5.41) is 4.34. The van der Waals surface area contributed by atoms with Crippen molar-refractivity contribution in [3.8, 4) is 11.5 Å². The molecule has 0 heterocycles. The highest BCUT2D eigenvalue weighted by molar-refractivity contribution is 5.96. The van der Waals surface area contributed by atoms with Crippen LogP contribution in [0.1, 0.15) is 5.56 Å².